The molecule has 2 atom stereocenters. The first-order valence-electron chi connectivity index (χ1n) is 7.34. The molecule has 2 unspecified atom stereocenters. The van der Waals surface area contributed by atoms with Gasteiger partial charge in [-0.15, -0.1) is 0 Å². The number of rotatable bonds is 4. The van der Waals surface area contributed by atoms with Gasteiger partial charge in [-0.25, -0.2) is 4.98 Å². The molecule has 1 aliphatic rings. The normalized spacial score (nSPS) is 21.8. The number of thioether (sulfide) groups is 1. The molecule has 5 nitrogen and oxygen atoms in total. The van der Waals surface area contributed by atoms with Crippen LogP contribution in [0.15, 0.2) is 23.3 Å². The van der Waals surface area contributed by atoms with Crippen molar-refractivity contribution in [2.24, 2.45) is 0 Å². The third-order valence-electron chi connectivity index (χ3n) is 3.99. The van der Waals surface area contributed by atoms with Crippen molar-refractivity contribution in [1.29, 1.82) is 0 Å². The lowest BCUT2D eigenvalue weighted by Gasteiger charge is -2.22. The molecule has 0 saturated heterocycles. The maximum atomic E-state index is 11.7. The number of hydrogen-bond acceptors (Lipinski definition) is 5. The lowest BCUT2D eigenvalue weighted by atomic mass is 10.1. The van der Waals surface area contributed by atoms with Crippen molar-refractivity contribution >= 4 is 34.0 Å². The van der Waals surface area contributed by atoms with Crippen LogP contribution in [0.2, 0.25) is 0 Å². The number of aromatic amines is 1. The van der Waals surface area contributed by atoms with Gasteiger partial charge in [-0.05, 0) is 30.7 Å². The average molecular weight is 304 g/mol. The van der Waals surface area contributed by atoms with Crippen LogP contribution in [-0.2, 0) is 0 Å². The van der Waals surface area contributed by atoms with E-state index in [2.05, 4.69) is 22.2 Å². The molecular weight excluding hydrogens is 284 g/mol. The summed E-state index contributed by atoms with van der Waals surface area (Å²) in [5.74, 6) is 1.13. The third-order valence-corrected chi connectivity index (χ3v) is 5.31. The predicted molar refractivity (Wildman–Crippen MR) is 90.0 cm³/mol. The summed E-state index contributed by atoms with van der Waals surface area (Å²) in [6.45, 7) is 2.20. The van der Waals surface area contributed by atoms with E-state index in [-0.39, 0.29) is 5.56 Å². The van der Waals surface area contributed by atoms with Gasteiger partial charge >= 0.3 is 0 Å². The van der Waals surface area contributed by atoms with Crippen LogP contribution < -0.4 is 16.6 Å². The molecule has 0 bridgehead atoms. The first-order valence-corrected chi connectivity index (χ1v) is 8.39. The second-order valence-electron chi connectivity index (χ2n) is 5.36. The summed E-state index contributed by atoms with van der Waals surface area (Å²) in [6, 6.07) is 4.03. The van der Waals surface area contributed by atoms with Gasteiger partial charge < -0.3 is 16.0 Å². The van der Waals surface area contributed by atoms with E-state index in [1.165, 1.54) is 19.2 Å². The molecule has 0 spiro atoms. The second kappa shape index (κ2) is 5.97. The van der Waals surface area contributed by atoms with Gasteiger partial charge in [0, 0.05) is 11.3 Å². The van der Waals surface area contributed by atoms with E-state index < -0.39 is 0 Å². The molecule has 1 aromatic heterocycles. The van der Waals surface area contributed by atoms with Gasteiger partial charge in [0.1, 0.15) is 0 Å². The zero-order chi connectivity index (χ0) is 14.8. The molecule has 2 aromatic rings. The Balaban J connectivity index is 1.90. The number of nitrogens with zero attached hydrogens (tertiary/aromatic N) is 1. The van der Waals surface area contributed by atoms with Crippen molar-refractivity contribution in [2.45, 2.75) is 37.5 Å². The Bertz CT molecular complexity index is 700. The van der Waals surface area contributed by atoms with Crippen LogP contribution in [0.1, 0.15) is 26.2 Å². The Morgan fingerprint density at radius 3 is 3.14 bits per heavy atom. The zero-order valence-electron chi connectivity index (χ0n) is 12.1. The third kappa shape index (κ3) is 2.85. The Labute approximate surface area is 127 Å². The summed E-state index contributed by atoms with van der Waals surface area (Å²) < 4.78 is 0. The zero-order valence-corrected chi connectivity index (χ0v) is 12.9. The predicted octanol–water partition coefficient (Wildman–Crippen LogP) is 2.59. The molecule has 6 heteroatoms. The minimum atomic E-state index is -0.154. The molecule has 21 heavy (non-hydrogen) atoms. The number of fused-ring (bicyclic) bond motifs is 1. The monoisotopic (exact) mass is 304 g/mol. The standard InChI is InChI=1S/C15H20N4OS/c1-2-21-14-5-3-4-11(14)19-13-7-12-9(6-10(13)16)15(20)18-8-17-12/h6-8,11,14,19H,2-5,16H2,1H3,(H,17,18,20). The maximum Gasteiger partial charge on any atom is 0.258 e. The molecule has 1 heterocycles. The smallest absolute Gasteiger partial charge is 0.258 e. The molecule has 112 valence electrons. The van der Waals surface area contributed by atoms with E-state index in [4.69, 9.17) is 5.73 Å². The fourth-order valence-electron chi connectivity index (χ4n) is 2.96. The van der Waals surface area contributed by atoms with E-state index in [1.54, 1.807) is 6.07 Å². The Morgan fingerprint density at radius 1 is 1.48 bits per heavy atom. The highest BCUT2D eigenvalue weighted by Gasteiger charge is 2.27. The molecule has 1 aromatic carbocycles. The first-order chi connectivity index (χ1) is 10.2. The lowest BCUT2D eigenvalue weighted by Crippen LogP contribution is -2.26. The van der Waals surface area contributed by atoms with Crippen LogP contribution in [0.4, 0.5) is 11.4 Å². The van der Waals surface area contributed by atoms with Gasteiger partial charge in [0.25, 0.3) is 5.56 Å². The average Bonchev–Trinajstić information content (AvgIpc) is 2.89. The molecule has 0 amide bonds. The SMILES string of the molecule is CCSC1CCCC1Nc1cc2nc[nH]c(=O)c2cc1N. The van der Waals surface area contributed by atoms with E-state index >= 15 is 0 Å². The number of aromatic nitrogens is 2. The van der Waals surface area contributed by atoms with E-state index in [0.717, 1.165) is 17.9 Å². The maximum absolute atomic E-state index is 11.7. The summed E-state index contributed by atoms with van der Waals surface area (Å²) in [7, 11) is 0. The Kier molecular flexibility index (Phi) is 4.05. The minimum absolute atomic E-state index is 0.154. The van der Waals surface area contributed by atoms with E-state index in [0.29, 0.717) is 27.9 Å². The highest BCUT2D eigenvalue weighted by Crippen LogP contribution is 2.34. The molecule has 4 N–H and O–H groups in total. The fourth-order valence-corrected chi connectivity index (χ4v) is 4.16. The van der Waals surface area contributed by atoms with Gasteiger partial charge in [0.15, 0.2) is 0 Å². The van der Waals surface area contributed by atoms with Crippen molar-refractivity contribution in [2.75, 3.05) is 16.8 Å². The number of nitrogen functional groups attached to an aromatic ring is 1. The number of nitrogens with two attached hydrogens (primary N) is 1. The van der Waals surface area contributed by atoms with Crippen molar-refractivity contribution in [3.05, 3.63) is 28.8 Å². The highest BCUT2D eigenvalue weighted by atomic mass is 32.2. The summed E-state index contributed by atoms with van der Waals surface area (Å²) in [4.78, 5) is 18.5. The van der Waals surface area contributed by atoms with Gasteiger partial charge in [0.05, 0.1) is 28.6 Å². The molecule has 1 fully saturated rings. The summed E-state index contributed by atoms with van der Waals surface area (Å²) in [5.41, 5.74) is 8.11. The van der Waals surface area contributed by atoms with Gasteiger partial charge in [-0.1, -0.05) is 13.3 Å². The quantitative estimate of drug-likeness (QED) is 0.756. The summed E-state index contributed by atoms with van der Waals surface area (Å²) in [6.07, 6.45) is 5.09. The van der Waals surface area contributed by atoms with Crippen molar-refractivity contribution in [3.8, 4) is 0 Å². The topological polar surface area (TPSA) is 83.8 Å². The van der Waals surface area contributed by atoms with Crippen molar-refractivity contribution < 1.29 is 0 Å². The summed E-state index contributed by atoms with van der Waals surface area (Å²) >= 11 is 2.00. The molecule has 0 aliphatic heterocycles. The highest BCUT2D eigenvalue weighted by molar-refractivity contribution is 7.99. The van der Waals surface area contributed by atoms with Crippen LogP contribution in [0.5, 0.6) is 0 Å². The molecule has 1 saturated carbocycles. The van der Waals surface area contributed by atoms with Gasteiger partial charge in [0.2, 0.25) is 0 Å². The second-order valence-corrected chi connectivity index (χ2v) is 6.88. The number of nitrogens with one attached hydrogen (secondary N) is 2. The largest absolute Gasteiger partial charge is 0.397 e. The minimum Gasteiger partial charge on any atom is -0.397 e. The van der Waals surface area contributed by atoms with Crippen LogP contribution in [0.3, 0.4) is 0 Å². The number of H-pyrrole nitrogens is 1. The van der Waals surface area contributed by atoms with E-state index in [9.17, 15) is 4.79 Å². The van der Waals surface area contributed by atoms with Gasteiger partial charge in [-0.2, -0.15) is 11.8 Å². The van der Waals surface area contributed by atoms with Crippen molar-refractivity contribution in [1.82, 2.24) is 9.97 Å². The number of hydrogen-bond donors (Lipinski definition) is 3. The molecule has 3 rings (SSSR count). The Morgan fingerprint density at radius 2 is 2.33 bits per heavy atom. The van der Waals surface area contributed by atoms with Gasteiger partial charge in [-0.3, -0.25) is 4.79 Å². The molecule has 0 radical (unpaired) electrons. The number of anilines is 2. The van der Waals surface area contributed by atoms with E-state index in [1.807, 2.05) is 17.8 Å². The first kappa shape index (κ1) is 14.3. The van der Waals surface area contributed by atoms with Crippen LogP contribution >= 0.6 is 11.8 Å². The molecule has 1 aliphatic carbocycles. The van der Waals surface area contributed by atoms with Crippen LogP contribution in [0.25, 0.3) is 10.9 Å². The van der Waals surface area contributed by atoms with Crippen molar-refractivity contribution in [3.63, 3.8) is 0 Å². The molecular formula is C15H20N4OS. The fraction of sp³-hybridized carbons (Fsp3) is 0.467. The Hall–Kier alpha value is -1.69. The number of benzene rings is 1. The summed E-state index contributed by atoms with van der Waals surface area (Å²) in [5, 5.41) is 4.73. The van der Waals surface area contributed by atoms with Crippen LogP contribution in [0, 0.1) is 0 Å². The lowest BCUT2D eigenvalue weighted by molar-refractivity contribution is 0.768. The van der Waals surface area contributed by atoms with Crippen LogP contribution in [-0.4, -0.2) is 27.0 Å².